The number of hydrogen-bond acceptors (Lipinski definition) is 6. The second-order valence-electron chi connectivity index (χ2n) is 7.17. The quantitative estimate of drug-likeness (QED) is 0.670. The molecule has 0 spiro atoms. The fraction of sp³-hybridized carbons (Fsp3) is 0.250. The van der Waals surface area contributed by atoms with Gasteiger partial charge in [-0.25, -0.2) is 0 Å². The van der Waals surface area contributed by atoms with Crippen LogP contribution in [-0.2, 0) is 23.2 Å². The first-order valence-corrected chi connectivity index (χ1v) is 10.1. The Balaban J connectivity index is 1.49. The lowest BCUT2D eigenvalue weighted by atomic mass is 10.0. The van der Waals surface area contributed by atoms with Gasteiger partial charge in [-0.2, -0.15) is 5.10 Å². The van der Waals surface area contributed by atoms with Gasteiger partial charge in [-0.15, -0.1) is 11.3 Å². The van der Waals surface area contributed by atoms with Gasteiger partial charge in [-0.05, 0) is 29.7 Å². The lowest BCUT2D eigenvalue weighted by Crippen LogP contribution is -2.52. The van der Waals surface area contributed by atoms with Crippen LogP contribution in [0.15, 0.2) is 36.1 Å². The van der Waals surface area contributed by atoms with Gasteiger partial charge in [0.05, 0.1) is 22.3 Å². The van der Waals surface area contributed by atoms with Crippen molar-refractivity contribution in [1.29, 1.82) is 0 Å². The highest BCUT2D eigenvalue weighted by Crippen LogP contribution is 2.36. The van der Waals surface area contributed by atoms with Crippen LogP contribution in [0.5, 0.6) is 0 Å². The number of hydrogen-bond donors (Lipinski definition) is 1. The number of fused-ring (bicyclic) bond motifs is 1. The van der Waals surface area contributed by atoms with Crippen LogP contribution in [0, 0.1) is 0 Å². The first kappa shape index (κ1) is 17.7. The molecule has 2 aromatic heterocycles. The van der Waals surface area contributed by atoms with Gasteiger partial charge in [0.2, 0.25) is 11.8 Å². The Morgan fingerprint density at radius 3 is 2.79 bits per heavy atom. The van der Waals surface area contributed by atoms with Crippen molar-refractivity contribution < 1.29 is 14.4 Å². The monoisotopic (exact) mass is 407 g/mol. The lowest BCUT2D eigenvalue weighted by molar-refractivity contribution is -0.136. The largest absolute Gasteiger partial charge is 0.322 e. The number of aromatic nitrogens is 3. The van der Waals surface area contributed by atoms with Crippen molar-refractivity contribution in [1.82, 2.24) is 25.0 Å². The minimum atomic E-state index is -0.609. The van der Waals surface area contributed by atoms with Crippen LogP contribution in [0.3, 0.4) is 0 Å². The molecule has 5 rings (SSSR count). The van der Waals surface area contributed by atoms with Gasteiger partial charge in [0, 0.05) is 37.3 Å². The van der Waals surface area contributed by atoms with Crippen LogP contribution in [0.4, 0.5) is 0 Å². The molecule has 3 aromatic rings. The summed E-state index contributed by atoms with van der Waals surface area (Å²) in [6, 6.07) is 5.09. The summed E-state index contributed by atoms with van der Waals surface area (Å²) in [5.41, 5.74) is 6.15. The van der Waals surface area contributed by atoms with Gasteiger partial charge in [-0.1, -0.05) is 6.07 Å². The number of imide groups is 1. The Kier molecular flexibility index (Phi) is 4.06. The van der Waals surface area contributed by atoms with Gasteiger partial charge in [-0.3, -0.25) is 29.4 Å². The molecule has 0 saturated carbocycles. The van der Waals surface area contributed by atoms with E-state index in [1.807, 2.05) is 42.3 Å². The lowest BCUT2D eigenvalue weighted by Gasteiger charge is -2.29. The van der Waals surface area contributed by atoms with Crippen LogP contribution >= 0.6 is 11.3 Å². The number of carbonyl (C=O) groups is 3. The standard InChI is InChI=1S/C20H17N5O3S/c1-24-18(16-8-21-10-29-16)14(7-22-24)11-2-3-13-12(6-11)9-25(20(13)28)15-4-5-17(26)23-19(15)27/h2-3,6-8,10,15H,4-5,9H2,1H3,(H,23,26,27)/t15-/m0/s1. The molecule has 1 atom stereocenters. The summed E-state index contributed by atoms with van der Waals surface area (Å²) in [5, 5.41) is 6.73. The number of aryl methyl sites for hydroxylation is 1. The third kappa shape index (κ3) is 2.85. The normalized spacial score (nSPS) is 18.9. The Labute approximate surface area is 170 Å². The van der Waals surface area contributed by atoms with Crippen LogP contribution in [0.2, 0.25) is 0 Å². The first-order valence-electron chi connectivity index (χ1n) is 9.22. The summed E-state index contributed by atoms with van der Waals surface area (Å²) in [5.74, 6) is -0.859. The van der Waals surface area contributed by atoms with E-state index in [0.29, 0.717) is 18.5 Å². The number of piperidine rings is 1. The fourth-order valence-electron chi connectivity index (χ4n) is 4.02. The molecule has 1 aromatic carbocycles. The smallest absolute Gasteiger partial charge is 0.255 e. The molecule has 0 bridgehead atoms. The maximum Gasteiger partial charge on any atom is 0.255 e. The van der Waals surface area contributed by atoms with Gasteiger partial charge in [0.25, 0.3) is 5.91 Å². The molecule has 1 N–H and O–H groups in total. The summed E-state index contributed by atoms with van der Waals surface area (Å²) in [4.78, 5) is 43.2. The van der Waals surface area contributed by atoms with Crippen LogP contribution in [0.1, 0.15) is 28.8 Å². The highest BCUT2D eigenvalue weighted by molar-refractivity contribution is 7.13. The van der Waals surface area contributed by atoms with Crippen LogP contribution in [0.25, 0.3) is 21.7 Å². The van der Waals surface area contributed by atoms with E-state index >= 15 is 0 Å². The SMILES string of the molecule is Cn1ncc(-c2ccc3c(c2)CN([C@H]2CCC(=O)NC2=O)C3=O)c1-c1cncs1. The topological polar surface area (TPSA) is 97.2 Å². The Morgan fingerprint density at radius 1 is 1.17 bits per heavy atom. The van der Waals surface area contributed by atoms with Crippen molar-refractivity contribution in [2.24, 2.45) is 7.05 Å². The molecule has 9 heteroatoms. The summed E-state index contributed by atoms with van der Waals surface area (Å²) >= 11 is 1.54. The van der Waals surface area contributed by atoms with Crippen molar-refractivity contribution in [3.63, 3.8) is 0 Å². The van der Waals surface area contributed by atoms with Gasteiger partial charge in [0.15, 0.2) is 0 Å². The minimum absolute atomic E-state index is 0.171. The van der Waals surface area contributed by atoms with E-state index in [4.69, 9.17) is 0 Å². The molecule has 8 nitrogen and oxygen atoms in total. The van der Waals surface area contributed by atoms with E-state index in [-0.39, 0.29) is 18.2 Å². The molecule has 3 amide bonds. The number of nitrogens with zero attached hydrogens (tertiary/aromatic N) is 4. The summed E-state index contributed by atoms with van der Waals surface area (Å²) < 4.78 is 1.82. The molecule has 146 valence electrons. The first-order chi connectivity index (χ1) is 14.0. The fourth-order valence-corrected chi connectivity index (χ4v) is 4.73. The number of amides is 3. The van der Waals surface area contributed by atoms with Crippen LogP contribution < -0.4 is 5.32 Å². The van der Waals surface area contributed by atoms with Gasteiger partial charge in [0.1, 0.15) is 6.04 Å². The molecule has 1 saturated heterocycles. The predicted octanol–water partition coefficient (Wildman–Crippen LogP) is 1.97. The highest BCUT2D eigenvalue weighted by Gasteiger charge is 2.39. The Morgan fingerprint density at radius 2 is 2.03 bits per heavy atom. The molecule has 29 heavy (non-hydrogen) atoms. The zero-order valence-corrected chi connectivity index (χ0v) is 16.4. The van der Waals surface area contributed by atoms with E-state index in [9.17, 15) is 14.4 Å². The summed E-state index contributed by atoms with van der Waals surface area (Å²) in [6.45, 7) is 0.352. The summed E-state index contributed by atoms with van der Waals surface area (Å²) in [6.07, 6.45) is 4.23. The van der Waals surface area contributed by atoms with E-state index in [2.05, 4.69) is 15.4 Å². The van der Waals surface area contributed by atoms with Crippen molar-refractivity contribution >= 4 is 29.1 Å². The van der Waals surface area contributed by atoms with Crippen molar-refractivity contribution in [2.45, 2.75) is 25.4 Å². The van der Waals surface area contributed by atoms with E-state index in [0.717, 1.165) is 27.3 Å². The molecule has 0 radical (unpaired) electrons. The molecular formula is C20H17N5O3S. The number of carbonyl (C=O) groups excluding carboxylic acids is 3. The molecule has 4 heterocycles. The zero-order chi connectivity index (χ0) is 20.1. The average Bonchev–Trinajstić information content (AvgIpc) is 3.41. The average molecular weight is 407 g/mol. The Bertz CT molecular complexity index is 1150. The molecule has 2 aliphatic rings. The van der Waals surface area contributed by atoms with E-state index < -0.39 is 11.9 Å². The predicted molar refractivity (Wildman–Crippen MR) is 106 cm³/mol. The van der Waals surface area contributed by atoms with Crippen LogP contribution in [-0.4, -0.2) is 43.4 Å². The molecule has 2 aliphatic heterocycles. The molecule has 0 aliphatic carbocycles. The van der Waals surface area contributed by atoms with E-state index in [1.54, 1.807) is 21.7 Å². The summed E-state index contributed by atoms with van der Waals surface area (Å²) in [7, 11) is 1.89. The van der Waals surface area contributed by atoms with Crippen molar-refractivity contribution in [2.75, 3.05) is 0 Å². The Hall–Kier alpha value is -3.33. The minimum Gasteiger partial charge on any atom is -0.322 e. The second kappa shape index (κ2) is 6.63. The van der Waals surface area contributed by atoms with Gasteiger partial charge >= 0.3 is 0 Å². The molecular weight excluding hydrogens is 390 g/mol. The number of benzene rings is 1. The van der Waals surface area contributed by atoms with Gasteiger partial charge < -0.3 is 4.90 Å². The van der Waals surface area contributed by atoms with Crippen molar-refractivity contribution in [3.8, 4) is 21.7 Å². The molecule has 0 unspecified atom stereocenters. The third-order valence-corrected chi connectivity index (χ3v) is 6.22. The maximum atomic E-state index is 12.9. The molecule has 1 fully saturated rings. The zero-order valence-electron chi connectivity index (χ0n) is 15.6. The number of nitrogens with one attached hydrogen (secondary N) is 1. The highest BCUT2D eigenvalue weighted by atomic mass is 32.1. The maximum absolute atomic E-state index is 12.9. The number of thiazole rings is 1. The number of rotatable bonds is 3. The van der Waals surface area contributed by atoms with E-state index in [1.165, 1.54) is 0 Å². The second-order valence-corrected chi connectivity index (χ2v) is 8.05. The third-order valence-electron chi connectivity index (χ3n) is 5.44. The van der Waals surface area contributed by atoms with Crippen molar-refractivity contribution in [3.05, 3.63) is 47.2 Å².